The molecule has 109 valence electrons. The lowest BCUT2D eigenvalue weighted by molar-refractivity contribution is 0.303. The quantitative estimate of drug-likeness (QED) is 0.628. The third kappa shape index (κ3) is 3.20. The van der Waals surface area contributed by atoms with Crippen LogP contribution in [0.1, 0.15) is 16.7 Å². The van der Waals surface area contributed by atoms with Gasteiger partial charge in [-0.1, -0.05) is 66.7 Å². The highest BCUT2D eigenvalue weighted by atomic mass is 16.5. The first-order chi connectivity index (χ1) is 10.7. The number of aryl methyl sites for hydroxylation is 1. The maximum absolute atomic E-state index is 6.01. The molecule has 0 aliphatic heterocycles. The third-order valence-corrected chi connectivity index (χ3v) is 3.85. The number of hydrogen-bond acceptors (Lipinski definition) is 1. The molecular weight excluding hydrogens is 268 g/mol. The molecule has 0 saturated heterocycles. The zero-order chi connectivity index (χ0) is 15.4. The topological polar surface area (TPSA) is 9.23 Å². The van der Waals surface area contributed by atoms with E-state index in [4.69, 9.17) is 4.74 Å². The molecule has 0 atom stereocenters. The molecule has 1 heteroatoms. The molecule has 0 aliphatic rings. The number of hydrogen-bond donors (Lipinski definition) is 0. The molecule has 1 radical (unpaired) electrons. The molecule has 0 fully saturated rings. The Morgan fingerprint density at radius 2 is 1.50 bits per heavy atom. The van der Waals surface area contributed by atoms with E-state index in [9.17, 15) is 0 Å². The molecule has 0 unspecified atom stereocenters. The molecule has 0 heterocycles. The highest BCUT2D eigenvalue weighted by Crippen LogP contribution is 2.29. The molecule has 3 aromatic rings. The number of rotatable bonds is 4. The second kappa shape index (κ2) is 6.48. The average molecular weight is 287 g/mol. The van der Waals surface area contributed by atoms with Crippen LogP contribution in [0, 0.1) is 19.9 Å². The van der Waals surface area contributed by atoms with Crippen molar-refractivity contribution in [2.24, 2.45) is 0 Å². The molecule has 0 N–H and O–H groups in total. The summed E-state index contributed by atoms with van der Waals surface area (Å²) in [5.74, 6) is 0.836. The van der Waals surface area contributed by atoms with Gasteiger partial charge in [0, 0.05) is 6.07 Å². The SMILES string of the molecule is Cc1cc(-c2ccccc2)[c]c(OCc2ccccc2)c1C. The Morgan fingerprint density at radius 1 is 0.864 bits per heavy atom. The summed E-state index contributed by atoms with van der Waals surface area (Å²) < 4.78 is 6.01. The fraction of sp³-hybridized carbons (Fsp3) is 0.143. The van der Waals surface area contributed by atoms with Gasteiger partial charge in [0.1, 0.15) is 12.4 Å². The van der Waals surface area contributed by atoms with E-state index in [2.05, 4.69) is 50.2 Å². The second-order valence-corrected chi connectivity index (χ2v) is 5.46. The summed E-state index contributed by atoms with van der Waals surface area (Å²) in [5, 5.41) is 0. The first-order valence-electron chi connectivity index (χ1n) is 7.50. The Hall–Kier alpha value is -2.54. The predicted octanol–water partition coefficient (Wildman–Crippen LogP) is 5.35. The van der Waals surface area contributed by atoms with Crippen molar-refractivity contribution < 1.29 is 4.74 Å². The largest absolute Gasteiger partial charge is 0.488 e. The standard InChI is InChI=1S/C21H19O/c1-16-13-20(19-11-7-4-8-12-19)14-21(17(16)2)22-15-18-9-5-3-6-10-18/h3-13H,15H2,1-2H3. The van der Waals surface area contributed by atoms with Crippen molar-refractivity contribution >= 4 is 0 Å². The summed E-state index contributed by atoms with van der Waals surface area (Å²) >= 11 is 0. The summed E-state index contributed by atoms with van der Waals surface area (Å²) in [5.41, 5.74) is 5.77. The lowest BCUT2D eigenvalue weighted by atomic mass is 9.99. The Balaban J connectivity index is 1.89. The first-order valence-corrected chi connectivity index (χ1v) is 7.50. The van der Waals surface area contributed by atoms with Crippen molar-refractivity contribution in [3.05, 3.63) is 89.5 Å². The molecule has 0 aromatic heterocycles. The Kier molecular flexibility index (Phi) is 4.24. The van der Waals surface area contributed by atoms with Crippen LogP contribution in [0.15, 0.2) is 66.7 Å². The summed E-state index contributed by atoms with van der Waals surface area (Å²) in [7, 11) is 0. The van der Waals surface area contributed by atoms with Crippen LogP contribution in [0.5, 0.6) is 5.75 Å². The molecule has 3 rings (SSSR count). The molecule has 3 aromatic carbocycles. The van der Waals surface area contributed by atoms with E-state index in [1.54, 1.807) is 0 Å². The number of benzene rings is 3. The van der Waals surface area contributed by atoms with Crippen molar-refractivity contribution in [2.75, 3.05) is 0 Å². The predicted molar refractivity (Wildman–Crippen MR) is 91.0 cm³/mol. The normalized spacial score (nSPS) is 10.5. The van der Waals surface area contributed by atoms with E-state index in [0.29, 0.717) is 6.61 Å². The molecule has 0 amide bonds. The van der Waals surface area contributed by atoms with Crippen molar-refractivity contribution in [2.45, 2.75) is 20.5 Å². The van der Waals surface area contributed by atoms with E-state index in [-0.39, 0.29) is 0 Å². The van der Waals surface area contributed by atoms with Crippen molar-refractivity contribution in [1.82, 2.24) is 0 Å². The van der Waals surface area contributed by atoms with Gasteiger partial charge in [0.25, 0.3) is 0 Å². The van der Waals surface area contributed by atoms with Crippen LogP contribution in [0.2, 0.25) is 0 Å². The van der Waals surface area contributed by atoms with Gasteiger partial charge in [-0.25, -0.2) is 0 Å². The van der Waals surface area contributed by atoms with Crippen LogP contribution in [-0.4, -0.2) is 0 Å². The maximum Gasteiger partial charge on any atom is 0.131 e. The Morgan fingerprint density at radius 3 is 2.18 bits per heavy atom. The maximum atomic E-state index is 6.01. The first kappa shape index (κ1) is 14.4. The second-order valence-electron chi connectivity index (χ2n) is 5.46. The fourth-order valence-corrected chi connectivity index (χ4v) is 2.40. The van der Waals surface area contributed by atoms with Crippen LogP contribution < -0.4 is 4.74 Å². The summed E-state index contributed by atoms with van der Waals surface area (Å²) in [4.78, 5) is 0. The highest BCUT2D eigenvalue weighted by molar-refractivity contribution is 5.66. The van der Waals surface area contributed by atoms with Gasteiger partial charge in [-0.2, -0.15) is 0 Å². The van der Waals surface area contributed by atoms with Crippen LogP contribution >= 0.6 is 0 Å². The smallest absolute Gasteiger partial charge is 0.131 e. The molecule has 0 spiro atoms. The summed E-state index contributed by atoms with van der Waals surface area (Å²) in [6.07, 6.45) is 0. The van der Waals surface area contributed by atoms with Crippen LogP contribution in [-0.2, 0) is 6.61 Å². The zero-order valence-electron chi connectivity index (χ0n) is 13.0. The van der Waals surface area contributed by atoms with Crippen molar-refractivity contribution in [1.29, 1.82) is 0 Å². The van der Waals surface area contributed by atoms with E-state index in [0.717, 1.165) is 28.0 Å². The summed E-state index contributed by atoms with van der Waals surface area (Å²) in [6.45, 7) is 4.77. The van der Waals surface area contributed by atoms with Crippen molar-refractivity contribution in [3.63, 3.8) is 0 Å². The number of ether oxygens (including phenoxy) is 1. The van der Waals surface area contributed by atoms with E-state index in [1.165, 1.54) is 5.56 Å². The third-order valence-electron chi connectivity index (χ3n) is 3.85. The summed E-state index contributed by atoms with van der Waals surface area (Å²) in [6, 6.07) is 26.1. The zero-order valence-corrected chi connectivity index (χ0v) is 13.0. The molecule has 0 bridgehead atoms. The van der Waals surface area contributed by atoms with Gasteiger partial charge >= 0.3 is 0 Å². The lowest BCUT2D eigenvalue weighted by Gasteiger charge is -2.13. The van der Waals surface area contributed by atoms with Crippen LogP contribution in [0.4, 0.5) is 0 Å². The van der Waals surface area contributed by atoms with Gasteiger partial charge in [0.05, 0.1) is 0 Å². The van der Waals surface area contributed by atoms with Gasteiger partial charge in [-0.05, 0) is 41.7 Å². The molecule has 0 aliphatic carbocycles. The van der Waals surface area contributed by atoms with Gasteiger partial charge in [-0.15, -0.1) is 0 Å². The van der Waals surface area contributed by atoms with E-state index < -0.39 is 0 Å². The van der Waals surface area contributed by atoms with Crippen LogP contribution in [0.25, 0.3) is 11.1 Å². The lowest BCUT2D eigenvalue weighted by Crippen LogP contribution is -1.99. The Labute approximate surface area is 132 Å². The minimum atomic E-state index is 0.565. The minimum Gasteiger partial charge on any atom is -0.488 e. The van der Waals surface area contributed by atoms with Gasteiger partial charge < -0.3 is 4.74 Å². The molecule has 22 heavy (non-hydrogen) atoms. The van der Waals surface area contributed by atoms with Gasteiger partial charge in [0.15, 0.2) is 0 Å². The molecule has 0 saturated carbocycles. The monoisotopic (exact) mass is 287 g/mol. The van der Waals surface area contributed by atoms with E-state index in [1.807, 2.05) is 36.4 Å². The Bertz CT molecular complexity index is 746. The molecule has 1 nitrogen and oxygen atoms in total. The van der Waals surface area contributed by atoms with Gasteiger partial charge in [0.2, 0.25) is 0 Å². The highest BCUT2D eigenvalue weighted by Gasteiger charge is 2.08. The van der Waals surface area contributed by atoms with Crippen molar-refractivity contribution in [3.8, 4) is 16.9 Å². The fourth-order valence-electron chi connectivity index (χ4n) is 2.40. The van der Waals surface area contributed by atoms with E-state index >= 15 is 0 Å². The average Bonchev–Trinajstić information content (AvgIpc) is 2.58. The minimum absolute atomic E-state index is 0.565. The van der Waals surface area contributed by atoms with Gasteiger partial charge in [-0.3, -0.25) is 0 Å². The molecular formula is C21H19O. The van der Waals surface area contributed by atoms with Crippen LogP contribution in [0.3, 0.4) is 0 Å².